The average molecular weight is 558 g/mol. The lowest BCUT2D eigenvalue weighted by molar-refractivity contribution is 0.603. The average Bonchev–Trinajstić information content (AvgIpc) is 3.59. The van der Waals surface area contributed by atoms with Crippen molar-refractivity contribution in [2.24, 2.45) is 0 Å². The Bertz CT molecular complexity index is 1590. The summed E-state index contributed by atoms with van der Waals surface area (Å²) >= 11 is 1.05. The summed E-state index contributed by atoms with van der Waals surface area (Å²) in [6, 6.07) is 6.96. The Morgan fingerprint density at radius 3 is 2.60 bits per heavy atom. The van der Waals surface area contributed by atoms with Crippen molar-refractivity contribution in [2.75, 3.05) is 12.4 Å². The molecule has 0 spiro atoms. The molecule has 0 amide bonds. The van der Waals surface area contributed by atoms with Crippen LogP contribution in [0.1, 0.15) is 43.6 Å². The molecular weight excluding hydrogens is 524 g/mol. The zero-order valence-corrected chi connectivity index (χ0v) is 23.8. The molecule has 0 aliphatic rings. The van der Waals surface area contributed by atoms with Crippen molar-refractivity contribution in [2.45, 2.75) is 33.1 Å². The van der Waals surface area contributed by atoms with Gasteiger partial charge in [-0.3, -0.25) is 9.97 Å². The summed E-state index contributed by atoms with van der Waals surface area (Å²) < 4.78 is 29.8. The zero-order valence-electron chi connectivity index (χ0n) is 22.9. The van der Waals surface area contributed by atoms with Gasteiger partial charge in [-0.25, -0.2) is 4.39 Å². The van der Waals surface area contributed by atoms with E-state index in [-0.39, 0.29) is 10.8 Å². The molecule has 8 heteroatoms. The standard InChI is InChI=1S/C30H31F2N5S.C2H2/c1-6-9-18(4)36-20(8-3)14-19(7-2)29-28(32)22(25(33-5)17-35-29)15-21-16-23-24(37-21)12-13-34-30(23)26-10-11-27(31)38-26;1-2/h7-8,10-14,16-17,33,36-37H,3-4,6,9,15H2,1-2,5H3;1-2H/b19-7+,20-14+;. The second-order valence-corrected chi connectivity index (χ2v) is 9.82. The Hall–Kier alpha value is -4.48. The predicted octanol–water partition coefficient (Wildman–Crippen LogP) is 8.22. The van der Waals surface area contributed by atoms with Gasteiger partial charge in [-0.05, 0) is 49.8 Å². The molecule has 0 saturated heterocycles. The molecule has 0 unspecified atom stereocenters. The van der Waals surface area contributed by atoms with Gasteiger partial charge in [-0.1, -0.05) is 32.6 Å². The summed E-state index contributed by atoms with van der Waals surface area (Å²) in [6.45, 7) is 11.8. The van der Waals surface area contributed by atoms with E-state index in [9.17, 15) is 4.39 Å². The predicted molar refractivity (Wildman–Crippen MR) is 165 cm³/mol. The van der Waals surface area contributed by atoms with Gasteiger partial charge in [0.05, 0.1) is 22.5 Å². The maximum absolute atomic E-state index is 16.1. The lowest BCUT2D eigenvalue weighted by Gasteiger charge is -2.14. The first-order valence-electron chi connectivity index (χ1n) is 12.7. The summed E-state index contributed by atoms with van der Waals surface area (Å²) in [7, 11) is 1.74. The van der Waals surface area contributed by atoms with Crippen molar-refractivity contribution in [3.63, 3.8) is 0 Å². The molecule has 0 atom stereocenters. The number of allylic oxidation sites excluding steroid dienone is 5. The fraction of sp³-hybridized carbons (Fsp3) is 0.188. The van der Waals surface area contributed by atoms with Gasteiger partial charge in [-0.2, -0.15) is 4.39 Å². The quantitative estimate of drug-likeness (QED) is 0.128. The van der Waals surface area contributed by atoms with Crippen LogP contribution >= 0.6 is 11.3 Å². The monoisotopic (exact) mass is 557 g/mol. The van der Waals surface area contributed by atoms with Crippen LogP contribution in [0.15, 0.2) is 79.4 Å². The van der Waals surface area contributed by atoms with Crippen molar-refractivity contribution >= 4 is 33.5 Å². The number of aromatic nitrogens is 3. The smallest absolute Gasteiger partial charge is 0.177 e. The number of hydrogen-bond donors (Lipinski definition) is 3. The molecule has 4 heterocycles. The first kappa shape index (κ1) is 30.1. The molecule has 0 aliphatic heterocycles. The summed E-state index contributed by atoms with van der Waals surface area (Å²) in [6.07, 6.45) is 18.7. The third-order valence-corrected chi connectivity index (χ3v) is 7.04. The number of pyridine rings is 2. The lowest BCUT2D eigenvalue weighted by Crippen LogP contribution is -2.11. The highest BCUT2D eigenvalue weighted by Gasteiger charge is 2.19. The first-order valence-corrected chi connectivity index (χ1v) is 13.6. The van der Waals surface area contributed by atoms with Gasteiger partial charge < -0.3 is 15.6 Å². The summed E-state index contributed by atoms with van der Waals surface area (Å²) in [4.78, 5) is 13.0. The van der Waals surface area contributed by atoms with Crippen LogP contribution in [-0.4, -0.2) is 22.0 Å². The minimum atomic E-state index is -0.408. The second kappa shape index (κ2) is 14.1. The van der Waals surface area contributed by atoms with E-state index in [2.05, 4.69) is 58.5 Å². The highest BCUT2D eigenvalue weighted by molar-refractivity contribution is 7.13. The van der Waals surface area contributed by atoms with Crippen LogP contribution < -0.4 is 10.6 Å². The number of terminal acetylenes is 1. The van der Waals surface area contributed by atoms with Crippen LogP contribution in [0.5, 0.6) is 0 Å². The van der Waals surface area contributed by atoms with E-state index in [1.165, 1.54) is 6.07 Å². The SMILES string of the molecule is C#C.C=C/C(=C\C(=C/C)c1ncc(NC)c(Cc2cc3c(-c4ccc(F)s4)nccc3[nH]2)c1F)NC(=C)CCC. The van der Waals surface area contributed by atoms with E-state index in [1.54, 1.807) is 31.6 Å². The molecular formula is C32H33F2N5S. The van der Waals surface area contributed by atoms with Gasteiger partial charge in [-0.15, -0.1) is 24.2 Å². The number of hydrogen-bond acceptors (Lipinski definition) is 5. The van der Waals surface area contributed by atoms with Crippen LogP contribution in [0.4, 0.5) is 14.5 Å². The molecule has 3 N–H and O–H groups in total. The Morgan fingerprint density at radius 2 is 1.98 bits per heavy atom. The Labute approximate surface area is 238 Å². The van der Waals surface area contributed by atoms with Gasteiger partial charge in [0, 0.05) is 58.8 Å². The van der Waals surface area contributed by atoms with Gasteiger partial charge in [0.1, 0.15) is 5.69 Å². The van der Waals surface area contributed by atoms with Gasteiger partial charge in [0.15, 0.2) is 10.9 Å². The topological polar surface area (TPSA) is 65.6 Å². The van der Waals surface area contributed by atoms with Crippen molar-refractivity contribution in [1.29, 1.82) is 0 Å². The molecule has 0 bridgehead atoms. The maximum atomic E-state index is 16.1. The lowest BCUT2D eigenvalue weighted by atomic mass is 10.0. The summed E-state index contributed by atoms with van der Waals surface area (Å²) in [5.74, 6) is -0.408. The number of nitrogens with zero attached hydrogens (tertiary/aromatic N) is 2. The fourth-order valence-electron chi connectivity index (χ4n) is 4.32. The normalized spacial score (nSPS) is 11.6. The highest BCUT2D eigenvalue weighted by Crippen LogP contribution is 2.33. The maximum Gasteiger partial charge on any atom is 0.177 e. The molecule has 0 saturated carbocycles. The van der Waals surface area contributed by atoms with Crippen molar-refractivity contribution in [3.05, 3.63) is 107 Å². The summed E-state index contributed by atoms with van der Waals surface area (Å²) in [5.41, 5.74) is 5.89. The van der Waals surface area contributed by atoms with Gasteiger partial charge in [0.25, 0.3) is 0 Å². The molecule has 4 rings (SSSR count). The number of aromatic amines is 1. The van der Waals surface area contributed by atoms with Gasteiger partial charge in [0.2, 0.25) is 0 Å². The molecule has 0 fully saturated rings. The van der Waals surface area contributed by atoms with E-state index in [0.29, 0.717) is 28.9 Å². The number of halogens is 2. The number of H-pyrrole nitrogens is 1. The van der Waals surface area contributed by atoms with E-state index >= 15 is 4.39 Å². The minimum absolute atomic E-state index is 0.247. The van der Waals surface area contributed by atoms with Crippen LogP contribution in [0.3, 0.4) is 0 Å². The van der Waals surface area contributed by atoms with Crippen molar-refractivity contribution < 1.29 is 8.78 Å². The van der Waals surface area contributed by atoms with Crippen molar-refractivity contribution in [1.82, 2.24) is 20.3 Å². The Kier molecular flexibility index (Phi) is 10.6. The molecule has 5 nitrogen and oxygen atoms in total. The largest absolute Gasteiger partial charge is 0.387 e. The first-order chi connectivity index (χ1) is 19.4. The number of nitrogens with one attached hydrogen (secondary N) is 3. The van der Waals surface area contributed by atoms with Crippen LogP contribution in [-0.2, 0) is 6.42 Å². The number of thiophene rings is 1. The third-order valence-electron chi connectivity index (χ3n) is 6.16. The van der Waals surface area contributed by atoms with Crippen LogP contribution in [0, 0.1) is 23.8 Å². The number of fused-ring (bicyclic) bond motifs is 1. The van der Waals surface area contributed by atoms with Crippen LogP contribution in [0.2, 0.25) is 0 Å². The molecule has 0 radical (unpaired) electrons. The van der Waals surface area contributed by atoms with E-state index < -0.39 is 5.82 Å². The van der Waals surface area contributed by atoms with E-state index in [4.69, 9.17) is 0 Å². The molecule has 40 heavy (non-hydrogen) atoms. The Morgan fingerprint density at radius 1 is 1.20 bits per heavy atom. The summed E-state index contributed by atoms with van der Waals surface area (Å²) in [5, 5.41) is 6.90. The van der Waals surface area contributed by atoms with Crippen LogP contribution in [0.25, 0.3) is 27.0 Å². The number of rotatable bonds is 11. The molecule has 4 aromatic heterocycles. The molecule has 4 aromatic rings. The van der Waals surface area contributed by atoms with E-state index in [0.717, 1.165) is 57.0 Å². The van der Waals surface area contributed by atoms with E-state index in [1.807, 2.05) is 31.2 Å². The molecule has 0 aromatic carbocycles. The van der Waals surface area contributed by atoms with Gasteiger partial charge >= 0.3 is 0 Å². The zero-order chi connectivity index (χ0) is 29.2. The number of anilines is 1. The second-order valence-electron chi connectivity index (χ2n) is 8.79. The molecule has 206 valence electrons. The highest BCUT2D eigenvalue weighted by atomic mass is 32.1. The fourth-order valence-corrected chi connectivity index (χ4v) is 5.06. The molecule has 0 aliphatic carbocycles. The van der Waals surface area contributed by atoms with Crippen molar-refractivity contribution in [3.8, 4) is 23.4 Å². The third kappa shape index (κ3) is 6.74. The Balaban J connectivity index is 0.00000216. The minimum Gasteiger partial charge on any atom is -0.387 e.